The highest BCUT2D eigenvalue weighted by atomic mass is 32.2. The fourth-order valence-electron chi connectivity index (χ4n) is 1.86. The summed E-state index contributed by atoms with van der Waals surface area (Å²) in [5.74, 6) is 0. The van der Waals surface area contributed by atoms with Gasteiger partial charge in [-0.1, -0.05) is 6.92 Å². The molecule has 0 fully saturated rings. The van der Waals surface area contributed by atoms with Crippen LogP contribution in [0.5, 0.6) is 0 Å². The molecule has 8 heteroatoms. The second kappa shape index (κ2) is 7.17. The van der Waals surface area contributed by atoms with E-state index < -0.39 is 10.0 Å². The highest BCUT2D eigenvalue weighted by Crippen LogP contribution is 2.11. The van der Waals surface area contributed by atoms with Gasteiger partial charge in [-0.05, 0) is 19.5 Å². The first-order valence-electron chi connectivity index (χ1n) is 6.80. The van der Waals surface area contributed by atoms with Crippen molar-refractivity contribution < 1.29 is 8.42 Å². The zero-order valence-corrected chi connectivity index (χ0v) is 13.8. The summed E-state index contributed by atoms with van der Waals surface area (Å²) >= 11 is 1.57. The molecule has 0 aliphatic heterocycles. The Morgan fingerprint density at radius 3 is 2.90 bits per heavy atom. The first kappa shape index (κ1) is 16.2. The van der Waals surface area contributed by atoms with Crippen LogP contribution >= 0.6 is 11.3 Å². The Labute approximate surface area is 129 Å². The number of aromatic nitrogens is 2. The van der Waals surface area contributed by atoms with Crippen molar-refractivity contribution in [2.75, 3.05) is 13.1 Å². The highest BCUT2D eigenvalue weighted by Gasteiger charge is 2.15. The second-order valence-electron chi connectivity index (χ2n) is 4.65. The fourth-order valence-corrected chi connectivity index (χ4v) is 3.55. The Bertz CT molecular complexity index is 676. The lowest BCUT2D eigenvalue weighted by Gasteiger charge is -2.03. The van der Waals surface area contributed by atoms with E-state index in [-0.39, 0.29) is 4.90 Å². The molecule has 2 heterocycles. The Morgan fingerprint density at radius 1 is 1.43 bits per heavy atom. The molecule has 0 bridgehead atoms. The lowest BCUT2D eigenvalue weighted by Crippen LogP contribution is -2.25. The number of aromatic amines is 1. The minimum Gasteiger partial charge on any atom is -0.363 e. The molecule has 2 aromatic rings. The predicted octanol–water partition coefficient (Wildman–Crippen LogP) is 1.41. The molecule has 21 heavy (non-hydrogen) atoms. The molecule has 0 saturated heterocycles. The van der Waals surface area contributed by atoms with Crippen LogP contribution in [0.4, 0.5) is 0 Å². The normalized spacial score (nSPS) is 11.9. The molecule has 0 aliphatic rings. The van der Waals surface area contributed by atoms with Gasteiger partial charge in [0.05, 0.1) is 15.6 Å². The van der Waals surface area contributed by atoms with Crippen LogP contribution < -0.4 is 10.0 Å². The van der Waals surface area contributed by atoms with E-state index in [1.54, 1.807) is 17.4 Å². The van der Waals surface area contributed by atoms with E-state index in [4.69, 9.17) is 0 Å². The Morgan fingerprint density at radius 2 is 2.24 bits per heavy atom. The topological polar surface area (TPSA) is 86.9 Å². The lowest BCUT2D eigenvalue weighted by molar-refractivity contribution is 0.581. The summed E-state index contributed by atoms with van der Waals surface area (Å²) in [6.07, 6.45) is 2.11. The SMILES string of the molecule is CCNCc1cc(S(=O)(=O)NCCc2csc(C)n2)c[nH]1. The van der Waals surface area contributed by atoms with Crippen LogP contribution in [0.15, 0.2) is 22.5 Å². The van der Waals surface area contributed by atoms with Gasteiger partial charge in [0.25, 0.3) is 0 Å². The minimum atomic E-state index is -3.46. The van der Waals surface area contributed by atoms with Gasteiger partial charge in [0.1, 0.15) is 0 Å². The van der Waals surface area contributed by atoms with Gasteiger partial charge in [0, 0.05) is 36.8 Å². The number of hydrogen-bond donors (Lipinski definition) is 3. The smallest absolute Gasteiger partial charge is 0.242 e. The molecular formula is C13H20N4O2S2. The second-order valence-corrected chi connectivity index (χ2v) is 7.48. The summed E-state index contributed by atoms with van der Waals surface area (Å²) in [5, 5.41) is 6.09. The molecule has 3 N–H and O–H groups in total. The van der Waals surface area contributed by atoms with Gasteiger partial charge in [0.15, 0.2) is 0 Å². The molecule has 0 atom stereocenters. The van der Waals surface area contributed by atoms with Gasteiger partial charge in [-0.2, -0.15) is 0 Å². The summed E-state index contributed by atoms with van der Waals surface area (Å²) in [7, 11) is -3.46. The van der Waals surface area contributed by atoms with Crippen LogP contribution in [-0.4, -0.2) is 31.5 Å². The minimum absolute atomic E-state index is 0.268. The van der Waals surface area contributed by atoms with Crippen molar-refractivity contribution in [3.63, 3.8) is 0 Å². The Balaban J connectivity index is 1.90. The maximum absolute atomic E-state index is 12.1. The average Bonchev–Trinajstić information content (AvgIpc) is 3.06. The molecular weight excluding hydrogens is 308 g/mol. The molecule has 6 nitrogen and oxygen atoms in total. The molecule has 0 aliphatic carbocycles. The summed E-state index contributed by atoms with van der Waals surface area (Å²) in [6, 6.07) is 1.65. The van der Waals surface area contributed by atoms with Crippen LogP contribution in [0.1, 0.15) is 23.3 Å². The third kappa shape index (κ3) is 4.63. The van der Waals surface area contributed by atoms with Crippen LogP contribution in [0.2, 0.25) is 0 Å². The standard InChI is InChI=1S/C13H20N4O2S2/c1-3-14-7-12-6-13(8-15-12)21(18,19)16-5-4-11-9-20-10(2)17-11/h6,8-9,14-16H,3-5,7H2,1-2H3. The Hall–Kier alpha value is -1.22. The molecule has 0 amide bonds. The zero-order chi connectivity index (χ0) is 15.3. The first-order valence-corrected chi connectivity index (χ1v) is 9.16. The van der Waals surface area contributed by atoms with Crippen molar-refractivity contribution in [3.05, 3.63) is 34.0 Å². The number of sulfonamides is 1. The number of nitrogens with one attached hydrogen (secondary N) is 3. The number of aryl methyl sites for hydroxylation is 1. The predicted molar refractivity (Wildman–Crippen MR) is 83.9 cm³/mol. The van der Waals surface area contributed by atoms with Crippen molar-refractivity contribution in [2.45, 2.75) is 31.7 Å². The number of nitrogens with zero attached hydrogens (tertiary/aromatic N) is 1. The molecule has 0 aromatic carbocycles. The lowest BCUT2D eigenvalue weighted by atomic mass is 10.3. The van der Waals surface area contributed by atoms with E-state index in [0.717, 1.165) is 22.9 Å². The van der Waals surface area contributed by atoms with E-state index in [9.17, 15) is 8.42 Å². The molecule has 2 aromatic heterocycles. The quantitative estimate of drug-likeness (QED) is 0.684. The first-order chi connectivity index (χ1) is 10.0. The summed E-state index contributed by atoms with van der Waals surface area (Å²) in [6.45, 7) is 5.75. The van der Waals surface area contributed by atoms with Crippen LogP contribution in [0.25, 0.3) is 0 Å². The maximum atomic E-state index is 12.1. The van der Waals surface area contributed by atoms with Gasteiger partial charge in [-0.15, -0.1) is 11.3 Å². The van der Waals surface area contributed by atoms with Crippen molar-refractivity contribution in [1.82, 2.24) is 20.0 Å². The largest absolute Gasteiger partial charge is 0.363 e. The maximum Gasteiger partial charge on any atom is 0.242 e. The van der Waals surface area contributed by atoms with Crippen LogP contribution in [0, 0.1) is 6.92 Å². The summed E-state index contributed by atoms with van der Waals surface area (Å²) in [4.78, 5) is 7.54. The van der Waals surface area contributed by atoms with Gasteiger partial charge in [0.2, 0.25) is 10.0 Å². The average molecular weight is 328 g/mol. The molecule has 0 unspecified atom stereocenters. The molecule has 2 rings (SSSR count). The summed E-state index contributed by atoms with van der Waals surface area (Å²) in [5.41, 5.74) is 1.77. The molecule has 0 radical (unpaired) electrons. The molecule has 0 saturated carbocycles. The third-order valence-corrected chi connectivity index (χ3v) is 5.19. The van der Waals surface area contributed by atoms with E-state index >= 15 is 0 Å². The van der Waals surface area contributed by atoms with Gasteiger partial charge in [-0.3, -0.25) is 0 Å². The number of rotatable bonds is 8. The van der Waals surface area contributed by atoms with Crippen molar-refractivity contribution in [1.29, 1.82) is 0 Å². The molecule has 116 valence electrons. The van der Waals surface area contributed by atoms with Crippen LogP contribution in [0.3, 0.4) is 0 Å². The van der Waals surface area contributed by atoms with Crippen molar-refractivity contribution >= 4 is 21.4 Å². The zero-order valence-electron chi connectivity index (χ0n) is 12.1. The van der Waals surface area contributed by atoms with Gasteiger partial charge in [-0.25, -0.2) is 18.1 Å². The highest BCUT2D eigenvalue weighted by molar-refractivity contribution is 7.89. The van der Waals surface area contributed by atoms with Crippen molar-refractivity contribution in [2.24, 2.45) is 0 Å². The van der Waals surface area contributed by atoms with Gasteiger partial charge >= 0.3 is 0 Å². The van der Waals surface area contributed by atoms with Gasteiger partial charge < -0.3 is 10.3 Å². The summed E-state index contributed by atoms with van der Waals surface area (Å²) < 4.78 is 26.9. The molecule has 0 spiro atoms. The number of thiazole rings is 1. The van der Waals surface area contributed by atoms with E-state index in [0.29, 0.717) is 19.5 Å². The Kier molecular flexibility index (Phi) is 5.51. The van der Waals surface area contributed by atoms with E-state index in [1.165, 1.54) is 6.20 Å². The van der Waals surface area contributed by atoms with Crippen LogP contribution in [-0.2, 0) is 23.0 Å². The number of H-pyrrole nitrogens is 1. The van der Waals surface area contributed by atoms with E-state index in [2.05, 4.69) is 20.0 Å². The third-order valence-electron chi connectivity index (χ3n) is 2.93. The van der Waals surface area contributed by atoms with Crippen molar-refractivity contribution in [3.8, 4) is 0 Å². The van der Waals surface area contributed by atoms with E-state index in [1.807, 2.05) is 19.2 Å². The number of hydrogen-bond acceptors (Lipinski definition) is 5. The fraction of sp³-hybridized carbons (Fsp3) is 0.462. The monoisotopic (exact) mass is 328 g/mol.